The molecule has 3 rings (SSSR count). The van der Waals surface area contributed by atoms with Crippen LogP contribution in [0.2, 0.25) is 0 Å². The van der Waals surface area contributed by atoms with Crippen molar-refractivity contribution in [2.45, 2.75) is 20.8 Å². The first-order valence-corrected chi connectivity index (χ1v) is 9.56. The van der Waals surface area contributed by atoms with E-state index in [0.717, 1.165) is 0 Å². The summed E-state index contributed by atoms with van der Waals surface area (Å²) in [7, 11) is 1.58. The Morgan fingerprint density at radius 1 is 1.13 bits per heavy atom. The minimum atomic E-state index is -0.547. The molecule has 0 bridgehead atoms. The van der Waals surface area contributed by atoms with E-state index in [0.29, 0.717) is 35.0 Å². The van der Waals surface area contributed by atoms with Crippen LogP contribution in [0.15, 0.2) is 53.2 Å². The van der Waals surface area contributed by atoms with E-state index in [-0.39, 0.29) is 23.5 Å². The van der Waals surface area contributed by atoms with Gasteiger partial charge in [0.25, 0.3) is 0 Å². The molecule has 2 aromatic rings. The lowest BCUT2D eigenvalue weighted by Crippen LogP contribution is -2.15. The van der Waals surface area contributed by atoms with Crippen LogP contribution < -0.4 is 14.2 Å². The number of carbonyl (C=O) groups excluding carboxylic acids is 2. The molecule has 1 aliphatic rings. The molecule has 0 spiro atoms. The summed E-state index contributed by atoms with van der Waals surface area (Å²) in [5.74, 6) is 0.493. The molecule has 0 aliphatic carbocycles. The molecular weight excluding hydrogens is 386 g/mol. The minimum Gasteiger partial charge on any atom is -0.497 e. The molecule has 30 heavy (non-hydrogen) atoms. The van der Waals surface area contributed by atoms with Crippen molar-refractivity contribution in [1.29, 1.82) is 0 Å². The topological polar surface area (TPSA) is 83.4 Å². The monoisotopic (exact) mass is 409 g/mol. The highest BCUT2D eigenvalue weighted by atomic mass is 16.6. The summed E-state index contributed by atoms with van der Waals surface area (Å²) in [6.07, 6.45) is 1.59. The molecule has 0 N–H and O–H groups in total. The number of hydrogen-bond donors (Lipinski definition) is 0. The maximum absolute atomic E-state index is 12.3. The zero-order valence-corrected chi connectivity index (χ0v) is 17.3. The molecule has 2 aromatic carbocycles. The van der Waals surface area contributed by atoms with Crippen LogP contribution in [-0.4, -0.2) is 31.6 Å². The molecule has 0 saturated heterocycles. The summed E-state index contributed by atoms with van der Waals surface area (Å²) in [5.41, 5.74) is 1.49. The highest BCUT2D eigenvalue weighted by Crippen LogP contribution is 2.31. The second-order valence-corrected chi connectivity index (χ2v) is 6.78. The summed E-state index contributed by atoms with van der Waals surface area (Å²) in [6, 6.07) is 12.1. The Balaban J connectivity index is 1.87. The molecule has 0 saturated carbocycles. The Bertz CT molecular complexity index is 1000. The molecule has 0 unspecified atom stereocenters. The maximum atomic E-state index is 12.3. The number of aliphatic imine (C=N–C) groups is 1. The van der Waals surface area contributed by atoms with Gasteiger partial charge in [-0.2, -0.15) is 0 Å². The van der Waals surface area contributed by atoms with E-state index in [4.69, 9.17) is 18.9 Å². The van der Waals surface area contributed by atoms with Gasteiger partial charge in [0.15, 0.2) is 17.2 Å². The molecule has 1 heterocycles. The SMILES string of the molecule is CCOc1cc(/C=C2/N=C(c3ccc(OC)cc3)OC2=O)ccc1OC(=O)C(C)C. The summed E-state index contributed by atoms with van der Waals surface area (Å²) >= 11 is 0. The van der Waals surface area contributed by atoms with Crippen LogP contribution in [0.3, 0.4) is 0 Å². The molecule has 1 aliphatic heterocycles. The van der Waals surface area contributed by atoms with Crippen LogP contribution in [0, 0.1) is 5.92 Å². The summed E-state index contributed by atoms with van der Waals surface area (Å²) in [6.45, 7) is 5.74. The predicted molar refractivity (Wildman–Crippen MR) is 112 cm³/mol. The summed E-state index contributed by atoms with van der Waals surface area (Å²) in [5, 5.41) is 0. The van der Waals surface area contributed by atoms with Crippen LogP contribution in [0.1, 0.15) is 31.9 Å². The van der Waals surface area contributed by atoms with Crippen molar-refractivity contribution in [3.63, 3.8) is 0 Å². The van der Waals surface area contributed by atoms with Gasteiger partial charge in [-0.1, -0.05) is 19.9 Å². The molecule has 7 nitrogen and oxygen atoms in total. The second-order valence-electron chi connectivity index (χ2n) is 6.78. The Hall–Kier alpha value is -3.61. The van der Waals surface area contributed by atoms with Gasteiger partial charge < -0.3 is 18.9 Å². The van der Waals surface area contributed by atoms with E-state index in [9.17, 15) is 9.59 Å². The van der Waals surface area contributed by atoms with E-state index >= 15 is 0 Å². The molecule has 0 fully saturated rings. The molecule has 7 heteroatoms. The van der Waals surface area contributed by atoms with Crippen LogP contribution in [0.4, 0.5) is 0 Å². The van der Waals surface area contributed by atoms with E-state index in [1.54, 1.807) is 69.5 Å². The zero-order chi connectivity index (χ0) is 21.7. The van der Waals surface area contributed by atoms with Crippen molar-refractivity contribution >= 4 is 23.9 Å². The second kappa shape index (κ2) is 9.26. The Morgan fingerprint density at radius 2 is 1.87 bits per heavy atom. The molecule has 0 radical (unpaired) electrons. The van der Waals surface area contributed by atoms with E-state index in [1.165, 1.54) is 0 Å². The molecular formula is C23H23NO6. The Morgan fingerprint density at radius 3 is 2.50 bits per heavy atom. The number of benzene rings is 2. The summed E-state index contributed by atoms with van der Waals surface area (Å²) in [4.78, 5) is 28.5. The number of carbonyl (C=O) groups is 2. The van der Waals surface area contributed by atoms with Gasteiger partial charge in [0.05, 0.1) is 19.6 Å². The molecule has 0 atom stereocenters. The Kier molecular flexibility index (Phi) is 6.51. The highest BCUT2D eigenvalue weighted by Gasteiger charge is 2.24. The van der Waals surface area contributed by atoms with Crippen molar-refractivity contribution in [1.82, 2.24) is 0 Å². The zero-order valence-electron chi connectivity index (χ0n) is 17.3. The van der Waals surface area contributed by atoms with Crippen LogP contribution in [-0.2, 0) is 14.3 Å². The number of esters is 2. The van der Waals surface area contributed by atoms with Gasteiger partial charge in [0.1, 0.15) is 5.75 Å². The maximum Gasteiger partial charge on any atom is 0.363 e. The normalized spacial score (nSPS) is 14.5. The van der Waals surface area contributed by atoms with Gasteiger partial charge in [-0.15, -0.1) is 0 Å². The number of hydrogen-bond acceptors (Lipinski definition) is 7. The van der Waals surface area contributed by atoms with Crippen LogP contribution in [0.5, 0.6) is 17.2 Å². The van der Waals surface area contributed by atoms with Crippen LogP contribution in [0.25, 0.3) is 6.08 Å². The molecule has 156 valence electrons. The van der Waals surface area contributed by atoms with E-state index in [2.05, 4.69) is 4.99 Å². The first-order chi connectivity index (χ1) is 14.4. The average Bonchev–Trinajstić information content (AvgIpc) is 3.10. The lowest BCUT2D eigenvalue weighted by molar-refractivity contribution is -0.138. The average molecular weight is 409 g/mol. The fraction of sp³-hybridized carbons (Fsp3) is 0.261. The van der Waals surface area contributed by atoms with Crippen molar-refractivity contribution in [2.75, 3.05) is 13.7 Å². The highest BCUT2D eigenvalue weighted by molar-refractivity contribution is 6.12. The molecule has 0 amide bonds. The fourth-order valence-electron chi connectivity index (χ4n) is 2.62. The quantitative estimate of drug-likeness (QED) is 0.390. The minimum absolute atomic E-state index is 0.162. The first kappa shape index (κ1) is 21.1. The van der Waals surface area contributed by atoms with E-state index in [1.807, 2.05) is 6.92 Å². The predicted octanol–water partition coefficient (Wildman–Crippen LogP) is 4.00. The number of cyclic esters (lactones) is 1. The number of methoxy groups -OCH3 is 1. The van der Waals surface area contributed by atoms with Gasteiger partial charge in [0, 0.05) is 5.56 Å². The standard InChI is InChI=1S/C23H23NO6/c1-5-28-20-13-15(6-11-19(20)29-22(25)14(2)3)12-18-23(26)30-21(24-18)16-7-9-17(27-4)10-8-16/h6-14H,5H2,1-4H3/b18-12+. The largest absolute Gasteiger partial charge is 0.497 e. The van der Waals surface area contributed by atoms with Crippen molar-refractivity contribution in [2.24, 2.45) is 10.9 Å². The van der Waals surface area contributed by atoms with Crippen molar-refractivity contribution in [3.05, 3.63) is 59.3 Å². The van der Waals surface area contributed by atoms with E-state index < -0.39 is 5.97 Å². The number of ether oxygens (including phenoxy) is 4. The number of rotatable bonds is 7. The third-order valence-corrected chi connectivity index (χ3v) is 4.21. The van der Waals surface area contributed by atoms with Crippen LogP contribution >= 0.6 is 0 Å². The lowest BCUT2D eigenvalue weighted by Gasteiger charge is -2.12. The van der Waals surface area contributed by atoms with Gasteiger partial charge in [-0.3, -0.25) is 4.79 Å². The smallest absolute Gasteiger partial charge is 0.363 e. The van der Waals surface area contributed by atoms with Crippen molar-refractivity contribution < 1.29 is 28.5 Å². The van der Waals surface area contributed by atoms with Gasteiger partial charge in [0.2, 0.25) is 5.90 Å². The third kappa shape index (κ3) is 4.86. The van der Waals surface area contributed by atoms with Crippen molar-refractivity contribution in [3.8, 4) is 17.2 Å². The van der Waals surface area contributed by atoms with Gasteiger partial charge in [-0.05, 0) is 55.0 Å². The van der Waals surface area contributed by atoms with Gasteiger partial charge in [-0.25, -0.2) is 9.79 Å². The molecule has 0 aromatic heterocycles. The first-order valence-electron chi connectivity index (χ1n) is 9.56. The Labute approximate surface area is 174 Å². The summed E-state index contributed by atoms with van der Waals surface area (Å²) < 4.78 is 21.4. The lowest BCUT2D eigenvalue weighted by atomic mass is 10.1. The van der Waals surface area contributed by atoms with Gasteiger partial charge >= 0.3 is 11.9 Å². The number of nitrogens with zero attached hydrogens (tertiary/aromatic N) is 1. The third-order valence-electron chi connectivity index (χ3n) is 4.21. The fourth-order valence-corrected chi connectivity index (χ4v) is 2.62.